The molecular weight excluding hydrogens is 457 g/mol. The van der Waals surface area contributed by atoms with Crippen LogP contribution in [0.2, 0.25) is 0 Å². The fourth-order valence-electron chi connectivity index (χ4n) is 2.11. The molecule has 1 aliphatic heterocycles. The van der Waals surface area contributed by atoms with Crippen molar-refractivity contribution in [1.82, 2.24) is 0 Å². The summed E-state index contributed by atoms with van der Waals surface area (Å²) in [6, 6.07) is 0. The number of carbonyl (C=O) groups is 1. The number of phosphoric ester groups is 3. The van der Waals surface area contributed by atoms with Crippen molar-refractivity contribution in [3.05, 3.63) is 0 Å². The first-order valence-corrected chi connectivity index (χ1v) is 11.6. The van der Waals surface area contributed by atoms with Crippen molar-refractivity contribution < 1.29 is 77.4 Å². The average molecular weight is 477 g/mol. The van der Waals surface area contributed by atoms with E-state index in [1.807, 2.05) is 0 Å². The standard InChI is InChI=1S/C9H19O16P3/c1-2-5(10)21-3-4-6(23-26(12,13)14)7(24-27(15,16)17)8(9(11)22-4)25-28(18,19)20/h4,6-9,11H,2-3H2,1H3,(H2,12,13,14)(H2,15,16,17)(H2,18,19,20)/t4-,6-,7+,8+,9?/m1/s1/i2D/t2?,4-,6-,7+,8+,9?. The van der Waals surface area contributed by atoms with E-state index in [0.29, 0.717) is 0 Å². The van der Waals surface area contributed by atoms with E-state index in [4.69, 9.17) is 35.5 Å². The highest BCUT2D eigenvalue weighted by Crippen LogP contribution is 2.49. The first kappa shape index (κ1) is 24.0. The maximum absolute atomic E-state index is 11.4. The van der Waals surface area contributed by atoms with Crippen LogP contribution in [0.4, 0.5) is 0 Å². The minimum atomic E-state index is -5.52. The van der Waals surface area contributed by atoms with Gasteiger partial charge in [0.25, 0.3) is 0 Å². The minimum absolute atomic E-state index is 0.951. The molecule has 1 saturated heterocycles. The molecule has 0 aromatic heterocycles. The lowest BCUT2D eigenvalue weighted by Crippen LogP contribution is -2.60. The van der Waals surface area contributed by atoms with E-state index < -0.39 is 73.1 Å². The van der Waals surface area contributed by atoms with Crippen LogP contribution in [0.5, 0.6) is 0 Å². The predicted octanol–water partition coefficient (Wildman–Crippen LogP) is -1.91. The van der Waals surface area contributed by atoms with Crippen LogP contribution < -0.4 is 0 Å². The molecule has 0 aliphatic carbocycles. The van der Waals surface area contributed by atoms with Gasteiger partial charge < -0.3 is 43.9 Å². The number of ether oxygens (including phenoxy) is 2. The molecule has 0 aromatic rings. The summed E-state index contributed by atoms with van der Waals surface area (Å²) >= 11 is 0. The van der Waals surface area contributed by atoms with E-state index >= 15 is 0 Å². The molecule has 7 N–H and O–H groups in total. The molecule has 0 amide bonds. The zero-order valence-electron chi connectivity index (χ0n) is 14.8. The smallest absolute Gasteiger partial charge is 0.463 e. The van der Waals surface area contributed by atoms with Crippen molar-refractivity contribution in [3.63, 3.8) is 0 Å². The van der Waals surface area contributed by atoms with E-state index in [1.54, 1.807) is 0 Å². The second kappa shape index (κ2) is 9.69. The Morgan fingerprint density at radius 2 is 1.36 bits per heavy atom. The summed E-state index contributed by atoms with van der Waals surface area (Å²) in [4.78, 5) is 65.4. The van der Waals surface area contributed by atoms with Crippen LogP contribution in [-0.2, 0) is 41.5 Å². The topological polar surface area (TPSA) is 256 Å². The Kier molecular flexibility index (Phi) is 8.30. The Hall–Kier alpha value is -0.280. The Bertz CT molecular complexity index is 710. The molecule has 0 bridgehead atoms. The highest BCUT2D eigenvalue weighted by molar-refractivity contribution is 7.47. The molecule has 6 atom stereocenters. The Balaban J connectivity index is 3.30. The quantitative estimate of drug-likeness (QED) is 0.141. The Morgan fingerprint density at radius 3 is 1.79 bits per heavy atom. The lowest BCUT2D eigenvalue weighted by Gasteiger charge is -2.43. The van der Waals surface area contributed by atoms with Crippen LogP contribution in [0.15, 0.2) is 0 Å². The van der Waals surface area contributed by atoms with Crippen LogP contribution in [-0.4, -0.2) is 77.7 Å². The summed E-state index contributed by atoms with van der Waals surface area (Å²) in [5, 5.41) is 9.91. The van der Waals surface area contributed by atoms with Crippen molar-refractivity contribution in [1.29, 1.82) is 0 Å². The number of hydrogen-bond acceptors (Lipinski definition) is 10. The first-order valence-electron chi connectivity index (χ1n) is 7.61. The van der Waals surface area contributed by atoms with E-state index in [1.165, 1.54) is 0 Å². The van der Waals surface area contributed by atoms with Crippen molar-refractivity contribution in [3.8, 4) is 0 Å². The highest BCUT2D eigenvalue weighted by Gasteiger charge is 2.54. The molecule has 1 heterocycles. The molecule has 1 fully saturated rings. The number of rotatable bonds is 9. The normalized spacial score (nSPS) is 31.1. The Morgan fingerprint density at radius 1 is 0.929 bits per heavy atom. The van der Waals surface area contributed by atoms with Crippen molar-refractivity contribution >= 4 is 29.4 Å². The molecule has 0 aromatic carbocycles. The SMILES string of the molecule is [2H]C(C)C(=O)OC[C@H]1OC(O)[C@@H](OP(=O)(O)O)[C@@H](OP(=O)(O)O)[C@@H]1OP(=O)(O)O. The first-order chi connectivity index (χ1) is 12.9. The summed E-state index contributed by atoms with van der Waals surface area (Å²) in [5.41, 5.74) is 0. The second-order valence-electron chi connectivity index (χ2n) is 5.17. The molecule has 28 heavy (non-hydrogen) atoms. The highest BCUT2D eigenvalue weighted by atomic mass is 31.2. The van der Waals surface area contributed by atoms with Gasteiger partial charge in [-0.15, -0.1) is 0 Å². The van der Waals surface area contributed by atoms with Crippen LogP contribution >= 0.6 is 23.5 Å². The number of aliphatic hydroxyl groups is 1. The second-order valence-corrected chi connectivity index (χ2v) is 8.74. The lowest BCUT2D eigenvalue weighted by molar-refractivity contribution is -0.278. The average Bonchev–Trinajstić information content (AvgIpc) is 2.48. The molecule has 0 spiro atoms. The monoisotopic (exact) mass is 477 g/mol. The number of carbonyl (C=O) groups excluding carboxylic acids is 1. The number of phosphoric acid groups is 3. The van der Waals surface area contributed by atoms with Gasteiger partial charge in [0.15, 0.2) is 6.29 Å². The van der Waals surface area contributed by atoms with Gasteiger partial charge in [-0.3, -0.25) is 18.4 Å². The van der Waals surface area contributed by atoms with Gasteiger partial charge in [-0.2, -0.15) is 0 Å². The van der Waals surface area contributed by atoms with Gasteiger partial charge in [0, 0.05) is 7.77 Å². The van der Waals surface area contributed by atoms with Gasteiger partial charge in [0.2, 0.25) is 0 Å². The van der Waals surface area contributed by atoms with Crippen LogP contribution in [0.25, 0.3) is 0 Å². The molecule has 2 unspecified atom stereocenters. The van der Waals surface area contributed by atoms with Crippen molar-refractivity contribution in [2.45, 2.75) is 44.0 Å². The molecule has 166 valence electrons. The molecule has 0 saturated carbocycles. The third-order valence-electron chi connectivity index (χ3n) is 3.01. The van der Waals surface area contributed by atoms with Gasteiger partial charge in [0.05, 0.1) is 0 Å². The summed E-state index contributed by atoms with van der Waals surface area (Å²) in [6.45, 7) is 0.166. The third-order valence-corrected chi connectivity index (χ3v) is 4.57. The van der Waals surface area contributed by atoms with E-state index in [9.17, 15) is 23.6 Å². The van der Waals surface area contributed by atoms with Crippen LogP contribution in [0.1, 0.15) is 14.7 Å². The number of hydrogen-bond donors (Lipinski definition) is 7. The third kappa shape index (κ3) is 9.03. The fraction of sp³-hybridized carbons (Fsp3) is 0.889. The fourth-order valence-corrected chi connectivity index (χ4v) is 3.78. The summed E-state index contributed by atoms with van der Waals surface area (Å²) in [7, 11) is -16.4. The summed E-state index contributed by atoms with van der Waals surface area (Å²) in [5.74, 6) is -1.14. The van der Waals surface area contributed by atoms with E-state index in [-0.39, 0.29) is 0 Å². The minimum Gasteiger partial charge on any atom is -0.463 e. The number of esters is 1. The molecular formula is C9H19O16P3. The zero-order chi connectivity index (χ0) is 22.8. The summed E-state index contributed by atoms with van der Waals surface area (Å²) in [6.07, 6.45) is -12.7. The van der Waals surface area contributed by atoms with Gasteiger partial charge in [-0.05, 0) is 0 Å². The maximum atomic E-state index is 11.4. The largest absolute Gasteiger partial charge is 0.470 e. The van der Waals surface area contributed by atoms with E-state index in [2.05, 4.69) is 18.3 Å². The van der Waals surface area contributed by atoms with Gasteiger partial charge >= 0.3 is 29.4 Å². The maximum Gasteiger partial charge on any atom is 0.470 e. The molecule has 1 rings (SSSR count). The van der Waals surface area contributed by atoms with Gasteiger partial charge in [0.1, 0.15) is 31.0 Å². The number of aliphatic hydroxyl groups excluding tert-OH is 1. The predicted molar refractivity (Wildman–Crippen MR) is 82.9 cm³/mol. The van der Waals surface area contributed by atoms with Gasteiger partial charge in [-0.1, -0.05) is 6.92 Å². The Labute approximate surface area is 158 Å². The lowest BCUT2D eigenvalue weighted by atomic mass is 9.99. The molecule has 0 radical (unpaired) electrons. The molecule has 1 aliphatic rings. The van der Waals surface area contributed by atoms with Crippen LogP contribution in [0.3, 0.4) is 0 Å². The summed E-state index contributed by atoms with van der Waals surface area (Å²) < 4.78 is 62.9. The van der Waals surface area contributed by atoms with Crippen LogP contribution in [0, 0.1) is 0 Å². The molecule has 19 heteroatoms. The van der Waals surface area contributed by atoms with Crippen molar-refractivity contribution in [2.75, 3.05) is 6.61 Å². The van der Waals surface area contributed by atoms with Gasteiger partial charge in [-0.25, -0.2) is 13.7 Å². The van der Waals surface area contributed by atoms with Crippen molar-refractivity contribution in [2.24, 2.45) is 0 Å². The zero-order valence-corrected chi connectivity index (χ0v) is 16.5. The van der Waals surface area contributed by atoms with E-state index in [0.717, 1.165) is 6.92 Å². The molecule has 16 nitrogen and oxygen atoms in total.